The molecular weight excluding hydrogens is 209 g/mol. The fraction of sp³-hybridized carbons (Fsp3) is 0.222. The molecule has 0 aliphatic rings. The molecule has 0 bridgehead atoms. The molecule has 2 N–H and O–H groups in total. The van der Waals surface area contributed by atoms with Gasteiger partial charge in [-0.05, 0) is 24.6 Å². The maximum absolute atomic E-state index is 10.9. The third-order valence-electron chi connectivity index (χ3n) is 1.67. The number of ketones is 1. The smallest absolute Gasteiger partial charge is 0.150 e. The first-order chi connectivity index (χ1) is 5.61. The van der Waals surface area contributed by atoms with Crippen LogP contribution < -0.4 is 5.73 Å². The molecule has 0 radical (unpaired) electrons. The van der Waals surface area contributed by atoms with Crippen LogP contribution >= 0.6 is 24.0 Å². The van der Waals surface area contributed by atoms with Gasteiger partial charge in [0.2, 0.25) is 0 Å². The normalized spacial score (nSPS) is 11.6. The van der Waals surface area contributed by atoms with Crippen LogP contribution in [0.3, 0.4) is 0 Å². The number of hydrogen-bond acceptors (Lipinski definition) is 2. The molecule has 0 aliphatic heterocycles. The van der Waals surface area contributed by atoms with Crippen molar-refractivity contribution in [2.24, 2.45) is 5.73 Å². The van der Waals surface area contributed by atoms with Crippen molar-refractivity contribution in [3.05, 3.63) is 34.9 Å². The number of benzene rings is 1. The minimum absolute atomic E-state index is 0. The molecule has 0 spiro atoms. The summed E-state index contributed by atoms with van der Waals surface area (Å²) in [5, 5.41) is 0.648. The molecular formula is C9H11Cl2NO. The van der Waals surface area contributed by atoms with Gasteiger partial charge in [0.25, 0.3) is 0 Å². The Bertz CT molecular complexity index is 284. The Balaban J connectivity index is 0.00000144. The highest BCUT2D eigenvalue weighted by Crippen LogP contribution is 2.14. The lowest BCUT2D eigenvalue weighted by molar-refractivity contribution is -0.118. The molecule has 1 rings (SSSR count). The number of nitrogens with two attached hydrogens (primary N) is 1. The van der Waals surface area contributed by atoms with Crippen molar-refractivity contribution >= 4 is 29.8 Å². The summed E-state index contributed by atoms with van der Waals surface area (Å²) < 4.78 is 0. The zero-order valence-corrected chi connectivity index (χ0v) is 8.73. The van der Waals surface area contributed by atoms with E-state index in [0.717, 1.165) is 5.56 Å². The highest BCUT2D eigenvalue weighted by molar-refractivity contribution is 6.30. The van der Waals surface area contributed by atoms with Crippen LogP contribution in [0.25, 0.3) is 0 Å². The van der Waals surface area contributed by atoms with E-state index >= 15 is 0 Å². The molecule has 13 heavy (non-hydrogen) atoms. The van der Waals surface area contributed by atoms with E-state index in [-0.39, 0.29) is 18.2 Å². The lowest BCUT2D eigenvalue weighted by Crippen LogP contribution is -2.18. The van der Waals surface area contributed by atoms with Crippen molar-refractivity contribution in [1.29, 1.82) is 0 Å². The maximum Gasteiger partial charge on any atom is 0.150 e. The average molecular weight is 220 g/mol. The molecule has 0 amide bonds. The van der Waals surface area contributed by atoms with Crippen molar-refractivity contribution in [2.75, 3.05) is 0 Å². The van der Waals surface area contributed by atoms with E-state index < -0.39 is 6.04 Å². The Morgan fingerprint density at radius 1 is 1.38 bits per heavy atom. The second kappa shape index (κ2) is 5.22. The molecule has 0 aromatic heterocycles. The summed E-state index contributed by atoms with van der Waals surface area (Å²) >= 11 is 5.67. The Kier molecular flexibility index (Phi) is 4.99. The molecule has 0 saturated carbocycles. The minimum Gasteiger partial charge on any atom is -0.318 e. The summed E-state index contributed by atoms with van der Waals surface area (Å²) in [6, 6.07) is 6.43. The Labute approximate surface area is 88.5 Å². The lowest BCUT2D eigenvalue weighted by Gasteiger charge is -2.06. The SMILES string of the molecule is CC(=O)C(N)c1ccc(Cl)cc1.Cl. The van der Waals surface area contributed by atoms with Gasteiger partial charge in [-0.1, -0.05) is 23.7 Å². The molecule has 0 fully saturated rings. The van der Waals surface area contributed by atoms with Gasteiger partial charge in [0.05, 0.1) is 6.04 Å². The monoisotopic (exact) mass is 219 g/mol. The molecule has 72 valence electrons. The molecule has 1 aromatic carbocycles. The van der Waals surface area contributed by atoms with Gasteiger partial charge in [-0.3, -0.25) is 4.79 Å². The van der Waals surface area contributed by atoms with Crippen molar-refractivity contribution < 1.29 is 4.79 Å². The third-order valence-corrected chi connectivity index (χ3v) is 1.92. The second-order valence-electron chi connectivity index (χ2n) is 2.64. The van der Waals surface area contributed by atoms with E-state index in [2.05, 4.69) is 0 Å². The van der Waals surface area contributed by atoms with Crippen LogP contribution in [0.5, 0.6) is 0 Å². The summed E-state index contributed by atoms with van der Waals surface area (Å²) in [5.41, 5.74) is 6.39. The fourth-order valence-electron chi connectivity index (χ4n) is 0.905. The van der Waals surface area contributed by atoms with Crippen LogP contribution in [0.1, 0.15) is 18.5 Å². The van der Waals surface area contributed by atoms with Gasteiger partial charge < -0.3 is 5.73 Å². The number of hydrogen-bond donors (Lipinski definition) is 1. The van der Waals surface area contributed by atoms with Crippen LogP contribution in [-0.2, 0) is 4.79 Å². The summed E-state index contributed by atoms with van der Waals surface area (Å²) in [5.74, 6) is -0.0441. The van der Waals surface area contributed by atoms with E-state index in [0.29, 0.717) is 5.02 Å². The van der Waals surface area contributed by atoms with Gasteiger partial charge >= 0.3 is 0 Å². The first-order valence-electron chi connectivity index (χ1n) is 3.63. The number of carbonyl (C=O) groups is 1. The maximum atomic E-state index is 10.9. The fourth-order valence-corrected chi connectivity index (χ4v) is 1.03. The number of carbonyl (C=O) groups excluding carboxylic acids is 1. The second-order valence-corrected chi connectivity index (χ2v) is 3.08. The number of Topliss-reactive ketones (excluding diaryl/α,β-unsaturated/α-hetero) is 1. The summed E-state index contributed by atoms with van der Waals surface area (Å²) in [6.45, 7) is 1.47. The van der Waals surface area contributed by atoms with Crippen LogP contribution in [-0.4, -0.2) is 5.78 Å². The molecule has 1 atom stereocenters. The standard InChI is InChI=1S/C9H10ClNO.ClH/c1-6(12)9(11)7-2-4-8(10)5-3-7;/h2-5,9H,11H2,1H3;1H. The molecule has 1 unspecified atom stereocenters. The zero-order chi connectivity index (χ0) is 9.14. The van der Waals surface area contributed by atoms with E-state index in [1.54, 1.807) is 24.3 Å². The van der Waals surface area contributed by atoms with Crippen molar-refractivity contribution in [3.8, 4) is 0 Å². The van der Waals surface area contributed by atoms with E-state index in [9.17, 15) is 4.79 Å². The molecule has 0 aliphatic carbocycles. The minimum atomic E-state index is -0.526. The highest BCUT2D eigenvalue weighted by Gasteiger charge is 2.09. The van der Waals surface area contributed by atoms with Crippen LogP contribution in [0.2, 0.25) is 5.02 Å². The van der Waals surface area contributed by atoms with Crippen molar-refractivity contribution in [3.63, 3.8) is 0 Å². The first kappa shape index (κ1) is 12.4. The predicted molar refractivity (Wildman–Crippen MR) is 56.3 cm³/mol. The van der Waals surface area contributed by atoms with Gasteiger partial charge in [0, 0.05) is 5.02 Å². The molecule has 0 heterocycles. The number of rotatable bonds is 2. The summed E-state index contributed by atoms with van der Waals surface area (Å²) in [6.07, 6.45) is 0. The predicted octanol–water partition coefficient (Wildman–Crippen LogP) is 2.35. The quantitative estimate of drug-likeness (QED) is 0.831. The Hall–Kier alpha value is -0.570. The number of halogens is 2. The third kappa shape index (κ3) is 3.35. The van der Waals surface area contributed by atoms with Gasteiger partial charge in [-0.15, -0.1) is 12.4 Å². The van der Waals surface area contributed by atoms with Gasteiger partial charge in [0.1, 0.15) is 0 Å². The van der Waals surface area contributed by atoms with Gasteiger partial charge in [0.15, 0.2) is 5.78 Å². The molecule has 4 heteroatoms. The largest absolute Gasteiger partial charge is 0.318 e. The van der Waals surface area contributed by atoms with E-state index in [1.807, 2.05) is 0 Å². The first-order valence-corrected chi connectivity index (χ1v) is 4.00. The Morgan fingerprint density at radius 2 is 1.85 bits per heavy atom. The molecule has 2 nitrogen and oxygen atoms in total. The molecule has 1 aromatic rings. The van der Waals surface area contributed by atoms with Crippen LogP contribution in [0, 0.1) is 0 Å². The summed E-state index contributed by atoms with van der Waals surface area (Å²) in [4.78, 5) is 10.9. The topological polar surface area (TPSA) is 43.1 Å². The average Bonchev–Trinajstić information content (AvgIpc) is 2.04. The lowest BCUT2D eigenvalue weighted by atomic mass is 10.1. The Morgan fingerprint density at radius 3 is 2.23 bits per heavy atom. The van der Waals surface area contributed by atoms with Crippen LogP contribution in [0.4, 0.5) is 0 Å². The van der Waals surface area contributed by atoms with Gasteiger partial charge in [-0.2, -0.15) is 0 Å². The van der Waals surface area contributed by atoms with E-state index in [4.69, 9.17) is 17.3 Å². The van der Waals surface area contributed by atoms with Crippen LogP contribution in [0.15, 0.2) is 24.3 Å². The highest BCUT2D eigenvalue weighted by atomic mass is 35.5. The van der Waals surface area contributed by atoms with Crippen molar-refractivity contribution in [1.82, 2.24) is 0 Å². The van der Waals surface area contributed by atoms with Crippen molar-refractivity contribution in [2.45, 2.75) is 13.0 Å². The van der Waals surface area contributed by atoms with E-state index in [1.165, 1.54) is 6.92 Å². The molecule has 0 saturated heterocycles. The summed E-state index contributed by atoms with van der Waals surface area (Å²) in [7, 11) is 0. The zero-order valence-electron chi connectivity index (χ0n) is 7.16. The van der Waals surface area contributed by atoms with Gasteiger partial charge in [-0.25, -0.2) is 0 Å².